The zero-order valence-electron chi connectivity index (χ0n) is 11.2. The molecule has 1 atom stereocenters. The third-order valence-electron chi connectivity index (χ3n) is 3.10. The molecule has 0 aliphatic heterocycles. The summed E-state index contributed by atoms with van der Waals surface area (Å²) in [6, 6.07) is 7.92. The molecular formula is C14H23N3O. The van der Waals surface area contributed by atoms with Crippen molar-refractivity contribution in [1.82, 2.24) is 4.90 Å². The smallest absolute Gasteiger partial charge is 0.231 e. The Morgan fingerprint density at radius 3 is 2.72 bits per heavy atom. The number of carbonyl (C=O) groups excluding carboxylic acids is 1. The lowest BCUT2D eigenvalue weighted by atomic mass is 10.1. The van der Waals surface area contributed by atoms with Crippen molar-refractivity contribution in [1.29, 1.82) is 0 Å². The highest BCUT2D eigenvalue weighted by atomic mass is 16.1. The van der Waals surface area contributed by atoms with E-state index in [-0.39, 0.29) is 18.5 Å². The number of nitrogens with zero attached hydrogens (tertiary/aromatic N) is 1. The van der Waals surface area contributed by atoms with Crippen LogP contribution in [0.25, 0.3) is 0 Å². The molecule has 4 nitrogen and oxygen atoms in total. The van der Waals surface area contributed by atoms with Gasteiger partial charge in [0.25, 0.3) is 0 Å². The number of nitrogen functional groups attached to an aromatic ring is 1. The number of amides is 1. The van der Waals surface area contributed by atoms with Crippen LogP contribution >= 0.6 is 0 Å². The third-order valence-corrected chi connectivity index (χ3v) is 3.10. The molecule has 0 bridgehead atoms. The van der Waals surface area contributed by atoms with E-state index in [2.05, 4.69) is 18.7 Å². The fourth-order valence-corrected chi connectivity index (χ4v) is 2.00. The summed E-state index contributed by atoms with van der Waals surface area (Å²) in [5, 5.41) is 0. The molecule has 0 aliphatic carbocycles. The number of nitrogens with two attached hydrogens (primary N) is 2. The number of hydrogen-bond acceptors (Lipinski definition) is 3. The summed E-state index contributed by atoms with van der Waals surface area (Å²) in [5.41, 5.74) is 13.0. The lowest BCUT2D eigenvalue weighted by Gasteiger charge is -2.28. The lowest BCUT2D eigenvalue weighted by molar-refractivity contribution is -0.119. The molecule has 4 heteroatoms. The molecule has 0 aliphatic rings. The Morgan fingerprint density at radius 1 is 1.44 bits per heavy atom. The van der Waals surface area contributed by atoms with Crippen molar-refractivity contribution in [3.63, 3.8) is 0 Å². The number of unbranched alkanes of at least 4 members (excludes halogenated alkanes) is 1. The molecule has 1 amide bonds. The van der Waals surface area contributed by atoms with E-state index < -0.39 is 0 Å². The molecule has 0 aromatic heterocycles. The van der Waals surface area contributed by atoms with E-state index in [0.717, 1.165) is 30.6 Å². The number of hydrogen-bond donors (Lipinski definition) is 2. The van der Waals surface area contributed by atoms with Crippen LogP contribution < -0.4 is 11.5 Å². The Bertz CT molecular complexity index is 392. The first-order valence-corrected chi connectivity index (χ1v) is 6.42. The largest absolute Gasteiger partial charge is 0.399 e. The maximum absolute atomic E-state index is 11.1. The normalized spacial score (nSPS) is 12.6. The number of benzene rings is 1. The van der Waals surface area contributed by atoms with E-state index >= 15 is 0 Å². The van der Waals surface area contributed by atoms with E-state index in [1.54, 1.807) is 0 Å². The van der Waals surface area contributed by atoms with E-state index in [4.69, 9.17) is 11.5 Å². The highest BCUT2D eigenvalue weighted by Crippen LogP contribution is 2.22. The average molecular weight is 249 g/mol. The molecule has 1 unspecified atom stereocenters. The predicted molar refractivity (Wildman–Crippen MR) is 74.9 cm³/mol. The molecule has 1 rings (SSSR count). The molecule has 4 N–H and O–H groups in total. The van der Waals surface area contributed by atoms with Crippen molar-refractivity contribution in [2.24, 2.45) is 5.73 Å². The summed E-state index contributed by atoms with van der Waals surface area (Å²) in [4.78, 5) is 13.2. The average Bonchev–Trinajstić information content (AvgIpc) is 2.33. The summed E-state index contributed by atoms with van der Waals surface area (Å²) >= 11 is 0. The van der Waals surface area contributed by atoms with Crippen molar-refractivity contribution in [3.05, 3.63) is 29.8 Å². The first-order chi connectivity index (χ1) is 8.54. The summed E-state index contributed by atoms with van der Waals surface area (Å²) in [6.07, 6.45) is 2.15. The molecule has 1 aromatic carbocycles. The van der Waals surface area contributed by atoms with E-state index in [9.17, 15) is 4.79 Å². The summed E-state index contributed by atoms with van der Waals surface area (Å²) in [5.74, 6) is -0.290. The minimum Gasteiger partial charge on any atom is -0.399 e. The molecular weight excluding hydrogens is 226 g/mol. The Labute approximate surface area is 109 Å². The van der Waals surface area contributed by atoms with E-state index in [1.165, 1.54) is 0 Å². The van der Waals surface area contributed by atoms with E-state index in [1.807, 2.05) is 24.3 Å². The SMILES string of the molecule is CCCCN(CC(N)=O)C(C)c1cccc(N)c1. The third kappa shape index (κ3) is 4.37. The quantitative estimate of drug-likeness (QED) is 0.725. The van der Waals surface area contributed by atoms with Gasteiger partial charge in [0.2, 0.25) is 5.91 Å². The maximum Gasteiger partial charge on any atom is 0.231 e. The number of anilines is 1. The van der Waals surface area contributed by atoms with Crippen LogP contribution in [-0.2, 0) is 4.79 Å². The molecule has 0 spiro atoms. The van der Waals surface area contributed by atoms with Crippen LogP contribution in [0.2, 0.25) is 0 Å². The second-order valence-electron chi connectivity index (χ2n) is 4.64. The molecule has 1 aromatic rings. The van der Waals surface area contributed by atoms with Crippen LogP contribution in [0.4, 0.5) is 5.69 Å². The standard InChI is InChI=1S/C14H23N3O/c1-3-4-8-17(10-14(16)18)11(2)12-6-5-7-13(15)9-12/h5-7,9,11H,3-4,8,10,15H2,1-2H3,(H2,16,18). The lowest BCUT2D eigenvalue weighted by Crippen LogP contribution is -2.36. The Hall–Kier alpha value is -1.55. The summed E-state index contributed by atoms with van der Waals surface area (Å²) in [6.45, 7) is 5.37. The topological polar surface area (TPSA) is 72.3 Å². The predicted octanol–water partition coefficient (Wildman–Crippen LogP) is 1.92. The summed E-state index contributed by atoms with van der Waals surface area (Å²) < 4.78 is 0. The Balaban J connectivity index is 2.79. The number of carbonyl (C=O) groups is 1. The molecule has 18 heavy (non-hydrogen) atoms. The number of rotatable bonds is 7. The highest BCUT2D eigenvalue weighted by Gasteiger charge is 2.17. The van der Waals surface area contributed by atoms with Gasteiger partial charge in [-0.2, -0.15) is 0 Å². The van der Waals surface area contributed by atoms with Gasteiger partial charge in [-0.15, -0.1) is 0 Å². The van der Waals surface area contributed by atoms with Gasteiger partial charge < -0.3 is 11.5 Å². The van der Waals surface area contributed by atoms with Crippen molar-refractivity contribution in [3.8, 4) is 0 Å². The van der Waals surface area contributed by atoms with Crippen molar-refractivity contribution >= 4 is 11.6 Å². The van der Waals surface area contributed by atoms with Crippen LogP contribution in [-0.4, -0.2) is 23.9 Å². The van der Waals surface area contributed by atoms with Crippen LogP contribution in [0.1, 0.15) is 38.3 Å². The molecule has 0 saturated heterocycles. The Kier molecular flexibility index (Phi) is 5.65. The molecule has 100 valence electrons. The molecule has 0 heterocycles. The second kappa shape index (κ2) is 7.01. The van der Waals surface area contributed by atoms with Crippen LogP contribution in [0, 0.1) is 0 Å². The van der Waals surface area contributed by atoms with Crippen molar-refractivity contribution in [2.75, 3.05) is 18.8 Å². The van der Waals surface area contributed by atoms with Crippen molar-refractivity contribution in [2.45, 2.75) is 32.7 Å². The van der Waals surface area contributed by atoms with Gasteiger partial charge in [0, 0.05) is 11.7 Å². The van der Waals surface area contributed by atoms with Gasteiger partial charge in [-0.25, -0.2) is 0 Å². The maximum atomic E-state index is 11.1. The zero-order valence-corrected chi connectivity index (χ0v) is 11.2. The van der Waals surface area contributed by atoms with Gasteiger partial charge in [0.15, 0.2) is 0 Å². The van der Waals surface area contributed by atoms with Gasteiger partial charge in [-0.05, 0) is 37.6 Å². The van der Waals surface area contributed by atoms with Gasteiger partial charge in [-0.3, -0.25) is 9.69 Å². The fraction of sp³-hybridized carbons (Fsp3) is 0.500. The van der Waals surface area contributed by atoms with Crippen LogP contribution in [0.3, 0.4) is 0 Å². The minimum atomic E-state index is -0.290. The molecule has 0 radical (unpaired) electrons. The van der Waals surface area contributed by atoms with Gasteiger partial charge in [0.05, 0.1) is 6.54 Å². The zero-order chi connectivity index (χ0) is 13.5. The molecule has 0 fully saturated rings. The monoisotopic (exact) mass is 249 g/mol. The van der Waals surface area contributed by atoms with Gasteiger partial charge in [-0.1, -0.05) is 25.5 Å². The highest BCUT2D eigenvalue weighted by molar-refractivity contribution is 5.76. The van der Waals surface area contributed by atoms with Crippen LogP contribution in [0.5, 0.6) is 0 Å². The number of primary amides is 1. The van der Waals surface area contributed by atoms with Gasteiger partial charge in [0.1, 0.15) is 0 Å². The summed E-state index contributed by atoms with van der Waals surface area (Å²) in [7, 11) is 0. The Morgan fingerprint density at radius 2 is 2.17 bits per heavy atom. The fourth-order valence-electron chi connectivity index (χ4n) is 2.00. The first-order valence-electron chi connectivity index (χ1n) is 6.42. The minimum absolute atomic E-state index is 0.146. The van der Waals surface area contributed by atoms with Crippen LogP contribution in [0.15, 0.2) is 24.3 Å². The van der Waals surface area contributed by atoms with Crippen molar-refractivity contribution < 1.29 is 4.79 Å². The second-order valence-corrected chi connectivity index (χ2v) is 4.64. The molecule has 0 saturated carbocycles. The van der Waals surface area contributed by atoms with E-state index in [0.29, 0.717) is 0 Å². The van der Waals surface area contributed by atoms with Gasteiger partial charge >= 0.3 is 0 Å². The first kappa shape index (κ1) is 14.5.